The largest absolute Gasteiger partial charge is 0.396 e. The first-order valence-corrected chi connectivity index (χ1v) is 8.69. The number of unbranched alkanes of at least 4 members (excludes halogenated alkanes) is 1. The lowest BCUT2D eigenvalue weighted by Gasteiger charge is -2.19. The van der Waals surface area contributed by atoms with Gasteiger partial charge in [-0.25, -0.2) is 0 Å². The van der Waals surface area contributed by atoms with Crippen molar-refractivity contribution >= 4 is 9.28 Å². The molecule has 0 aliphatic heterocycles. The van der Waals surface area contributed by atoms with Crippen molar-refractivity contribution in [2.24, 2.45) is 11.5 Å². The van der Waals surface area contributed by atoms with Crippen LogP contribution in [0, 0.1) is 0 Å². The molecule has 104 valence electrons. The summed E-state index contributed by atoms with van der Waals surface area (Å²) in [6.07, 6.45) is 5.29. The van der Waals surface area contributed by atoms with Crippen molar-refractivity contribution < 1.29 is 8.85 Å². The lowest BCUT2D eigenvalue weighted by Crippen LogP contribution is -2.33. The Morgan fingerprint density at radius 2 is 1.65 bits per heavy atom. The maximum atomic E-state index is 6.09. The zero-order valence-corrected chi connectivity index (χ0v) is 12.6. The first-order chi connectivity index (χ1) is 8.24. The monoisotopic (exact) mass is 262 g/mol. The van der Waals surface area contributed by atoms with E-state index in [0.29, 0.717) is 0 Å². The molecular formula is C12H30N2O2Si. The molecule has 0 saturated carbocycles. The van der Waals surface area contributed by atoms with Gasteiger partial charge in [-0.15, -0.1) is 0 Å². The lowest BCUT2D eigenvalue weighted by molar-refractivity contribution is 0.194. The zero-order chi connectivity index (χ0) is 12.9. The van der Waals surface area contributed by atoms with E-state index in [-0.39, 0.29) is 6.04 Å². The van der Waals surface area contributed by atoms with Gasteiger partial charge in [0, 0.05) is 25.3 Å². The van der Waals surface area contributed by atoms with Crippen LogP contribution >= 0.6 is 0 Å². The molecule has 0 aromatic rings. The minimum absolute atomic E-state index is 0.215. The molecule has 0 heterocycles. The Kier molecular flexibility index (Phi) is 12.6. The molecule has 17 heavy (non-hydrogen) atoms. The van der Waals surface area contributed by atoms with Gasteiger partial charge in [-0.05, 0) is 32.2 Å². The van der Waals surface area contributed by atoms with Gasteiger partial charge in [-0.3, -0.25) is 0 Å². The summed E-state index contributed by atoms with van der Waals surface area (Å²) in [6, 6.07) is 1.14. The maximum Gasteiger partial charge on any atom is 0.322 e. The van der Waals surface area contributed by atoms with Gasteiger partial charge >= 0.3 is 9.28 Å². The number of nitrogens with two attached hydrogens (primary N) is 2. The molecule has 0 aromatic carbocycles. The van der Waals surface area contributed by atoms with Crippen LogP contribution in [0.25, 0.3) is 0 Å². The molecule has 5 heteroatoms. The molecule has 1 unspecified atom stereocenters. The Balaban J connectivity index is 3.76. The first-order valence-electron chi connectivity index (χ1n) is 6.93. The van der Waals surface area contributed by atoms with Crippen molar-refractivity contribution in [2.75, 3.05) is 19.8 Å². The van der Waals surface area contributed by atoms with Gasteiger partial charge in [0.25, 0.3) is 0 Å². The quantitative estimate of drug-likeness (QED) is 0.413. The fraction of sp³-hybridized carbons (Fsp3) is 1.00. The summed E-state index contributed by atoms with van der Waals surface area (Å²) in [6.45, 7) is 6.59. The van der Waals surface area contributed by atoms with Crippen LogP contribution in [0.5, 0.6) is 0 Å². The van der Waals surface area contributed by atoms with E-state index >= 15 is 0 Å². The van der Waals surface area contributed by atoms with Gasteiger partial charge in [-0.2, -0.15) is 0 Å². The molecule has 0 fully saturated rings. The topological polar surface area (TPSA) is 70.5 Å². The Bertz CT molecular complexity index is 153. The highest BCUT2D eigenvalue weighted by molar-refractivity contribution is 6.44. The van der Waals surface area contributed by atoms with Crippen molar-refractivity contribution in [2.45, 2.75) is 58.0 Å². The number of hydrogen-bond acceptors (Lipinski definition) is 4. The molecule has 4 N–H and O–H groups in total. The van der Waals surface area contributed by atoms with Crippen LogP contribution in [0.3, 0.4) is 0 Å². The predicted octanol–water partition coefficient (Wildman–Crippen LogP) is 1.52. The molecule has 0 saturated heterocycles. The molecule has 0 rings (SSSR count). The summed E-state index contributed by atoms with van der Waals surface area (Å²) >= 11 is 0. The number of rotatable bonds is 12. The van der Waals surface area contributed by atoms with Crippen LogP contribution < -0.4 is 11.5 Å². The van der Waals surface area contributed by atoms with Crippen LogP contribution in [0.1, 0.15) is 46.0 Å². The van der Waals surface area contributed by atoms with Gasteiger partial charge in [0.05, 0.1) is 0 Å². The van der Waals surface area contributed by atoms with E-state index in [1.807, 2.05) is 0 Å². The lowest BCUT2D eigenvalue weighted by atomic mass is 10.1. The molecule has 0 aliphatic rings. The molecule has 0 radical (unpaired) electrons. The van der Waals surface area contributed by atoms with E-state index in [1.54, 1.807) is 0 Å². The van der Waals surface area contributed by atoms with Gasteiger partial charge in [-0.1, -0.05) is 20.3 Å². The summed E-state index contributed by atoms with van der Waals surface area (Å²) in [4.78, 5) is 0. The van der Waals surface area contributed by atoms with E-state index in [0.717, 1.165) is 57.9 Å². The molecular weight excluding hydrogens is 232 g/mol. The molecule has 0 aromatic heterocycles. The third-order valence-corrected chi connectivity index (χ3v) is 4.75. The third-order valence-electron chi connectivity index (χ3n) is 2.54. The van der Waals surface area contributed by atoms with Gasteiger partial charge in [0.2, 0.25) is 0 Å². The van der Waals surface area contributed by atoms with Crippen LogP contribution in [0.4, 0.5) is 0 Å². The van der Waals surface area contributed by atoms with E-state index in [4.69, 9.17) is 20.3 Å². The zero-order valence-electron chi connectivity index (χ0n) is 11.5. The minimum atomic E-state index is -1.53. The van der Waals surface area contributed by atoms with Crippen molar-refractivity contribution in [3.63, 3.8) is 0 Å². The normalized spacial score (nSPS) is 13.2. The predicted molar refractivity (Wildman–Crippen MR) is 75.3 cm³/mol. The van der Waals surface area contributed by atoms with Gasteiger partial charge < -0.3 is 20.3 Å². The second-order valence-corrected chi connectivity index (χ2v) is 6.45. The SMILES string of the molecule is CCCO[SiH](CC(N)CCCCN)OCCC. The van der Waals surface area contributed by atoms with E-state index in [2.05, 4.69) is 13.8 Å². The summed E-state index contributed by atoms with van der Waals surface area (Å²) in [5, 5.41) is 0. The van der Waals surface area contributed by atoms with Crippen molar-refractivity contribution in [1.82, 2.24) is 0 Å². The standard InChI is InChI=1S/C12H30N2O2Si/c1-3-9-15-17(16-10-4-2)11-12(14)7-5-6-8-13/h12,17H,3-11,13-14H2,1-2H3. The maximum absolute atomic E-state index is 6.09. The van der Waals surface area contributed by atoms with Crippen LogP contribution in [0.15, 0.2) is 0 Å². The number of hydrogen-bond donors (Lipinski definition) is 2. The Labute approximate surface area is 108 Å². The second kappa shape index (κ2) is 12.5. The highest BCUT2D eigenvalue weighted by Gasteiger charge is 2.17. The van der Waals surface area contributed by atoms with Crippen LogP contribution in [-0.2, 0) is 8.85 Å². The summed E-state index contributed by atoms with van der Waals surface area (Å²) in [5.74, 6) is 0. The minimum Gasteiger partial charge on any atom is -0.396 e. The highest BCUT2D eigenvalue weighted by Crippen LogP contribution is 2.08. The van der Waals surface area contributed by atoms with Crippen molar-refractivity contribution in [3.8, 4) is 0 Å². The highest BCUT2D eigenvalue weighted by atomic mass is 28.3. The van der Waals surface area contributed by atoms with E-state index in [9.17, 15) is 0 Å². The van der Waals surface area contributed by atoms with Crippen molar-refractivity contribution in [1.29, 1.82) is 0 Å². The third kappa shape index (κ3) is 10.9. The van der Waals surface area contributed by atoms with Crippen molar-refractivity contribution in [3.05, 3.63) is 0 Å². The molecule has 4 nitrogen and oxygen atoms in total. The van der Waals surface area contributed by atoms with E-state index < -0.39 is 9.28 Å². The second-order valence-electron chi connectivity index (χ2n) is 4.45. The Morgan fingerprint density at radius 3 is 2.12 bits per heavy atom. The first kappa shape index (κ1) is 17.1. The summed E-state index contributed by atoms with van der Waals surface area (Å²) in [7, 11) is -1.53. The van der Waals surface area contributed by atoms with Gasteiger partial charge in [0.15, 0.2) is 0 Å². The summed E-state index contributed by atoms with van der Waals surface area (Å²) < 4.78 is 11.6. The molecule has 0 spiro atoms. The van der Waals surface area contributed by atoms with Gasteiger partial charge in [0.1, 0.15) is 0 Å². The molecule has 0 aliphatic carbocycles. The van der Waals surface area contributed by atoms with Crippen LogP contribution in [0.2, 0.25) is 6.04 Å². The van der Waals surface area contributed by atoms with Crippen LogP contribution in [-0.4, -0.2) is 35.1 Å². The smallest absolute Gasteiger partial charge is 0.322 e. The van der Waals surface area contributed by atoms with E-state index in [1.165, 1.54) is 0 Å². The Hall–Kier alpha value is 0.0569. The average Bonchev–Trinajstić information content (AvgIpc) is 2.33. The average molecular weight is 262 g/mol. The fourth-order valence-corrected chi connectivity index (χ4v) is 3.69. The summed E-state index contributed by atoms with van der Waals surface area (Å²) in [5.41, 5.74) is 11.6. The fourth-order valence-electron chi connectivity index (χ4n) is 1.60. The Morgan fingerprint density at radius 1 is 1.06 bits per heavy atom. The molecule has 0 bridgehead atoms. The molecule has 1 atom stereocenters. The molecule has 0 amide bonds.